The van der Waals surface area contributed by atoms with Gasteiger partial charge in [-0.05, 0) is 44.8 Å². The third kappa shape index (κ3) is 3.31. The van der Waals surface area contributed by atoms with Crippen molar-refractivity contribution in [3.05, 3.63) is 42.5 Å². The fourth-order valence-corrected chi connectivity index (χ4v) is 2.98. The van der Waals surface area contributed by atoms with Crippen LogP contribution in [-0.4, -0.2) is 4.92 Å². The minimum absolute atomic E-state index is 0.0745. The van der Waals surface area contributed by atoms with Crippen molar-refractivity contribution in [3.63, 3.8) is 0 Å². The molecule has 0 spiro atoms. The van der Waals surface area contributed by atoms with E-state index in [0.717, 1.165) is 0 Å². The number of halogens is 2. The van der Waals surface area contributed by atoms with Crippen LogP contribution < -0.4 is 5.32 Å². The van der Waals surface area contributed by atoms with E-state index in [1.165, 1.54) is 12.3 Å². The number of hydrogen-bond acceptors (Lipinski definition) is 5. The lowest BCUT2D eigenvalue weighted by Crippen LogP contribution is -2.00. The van der Waals surface area contributed by atoms with Gasteiger partial charge in [-0.25, -0.2) is 0 Å². The van der Waals surface area contributed by atoms with E-state index in [1.807, 2.05) is 0 Å². The van der Waals surface area contributed by atoms with E-state index in [-0.39, 0.29) is 11.3 Å². The number of hydrogen-bond donors (Lipinski definition) is 1. The van der Waals surface area contributed by atoms with Gasteiger partial charge in [-0.3, -0.25) is 10.1 Å². The van der Waals surface area contributed by atoms with Gasteiger partial charge in [0, 0.05) is 10.7 Å². The molecule has 0 aliphatic carbocycles. The summed E-state index contributed by atoms with van der Waals surface area (Å²) in [5.41, 5.74) is 0.613. The van der Waals surface area contributed by atoms with Gasteiger partial charge in [0.1, 0.15) is 17.7 Å². The Morgan fingerprint density at radius 2 is 2.00 bits per heavy atom. The molecule has 0 heterocycles. The molecule has 1 rings (SSSR count). The average molecular weight is 386 g/mol. The molecule has 0 bridgehead atoms. The number of nitriles is 2. The standard InChI is InChI=1S/C11H6Br2N4O2/c1-6-10(16-5-7(3-14)4-15)8(12)2-9(13)11(6)17(18)19/h2,5,16H,1H3. The number of anilines is 1. The number of rotatable bonds is 3. The first-order valence-electron chi connectivity index (χ1n) is 4.82. The minimum Gasteiger partial charge on any atom is -0.358 e. The largest absolute Gasteiger partial charge is 0.358 e. The van der Waals surface area contributed by atoms with Crippen LogP contribution in [0.5, 0.6) is 0 Å². The zero-order valence-corrected chi connectivity index (χ0v) is 12.7. The number of nitrogens with one attached hydrogen (secondary N) is 1. The number of nitro benzene ring substituents is 1. The van der Waals surface area contributed by atoms with Gasteiger partial charge in [0.15, 0.2) is 0 Å². The molecule has 0 saturated carbocycles. The van der Waals surface area contributed by atoms with Gasteiger partial charge in [-0.1, -0.05) is 0 Å². The molecule has 0 unspecified atom stereocenters. The van der Waals surface area contributed by atoms with E-state index < -0.39 is 4.92 Å². The lowest BCUT2D eigenvalue weighted by atomic mass is 10.1. The smallest absolute Gasteiger partial charge is 0.288 e. The second-order valence-corrected chi connectivity index (χ2v) is 5.08. The Morgan fingerprint density at radius 3 is 2.47 bits per heavy atom. The number of benzene rings is 1. The molecule has 0 radical (unpaired) electrons. The summed E-state index contributed by atoms with van der Waals surface area (Å²) in [5, 5.41) is 30.9. The molecule has 1 N–H and O–H groups in total. The van der Waals surface area contributed by atoms with Gasteiger partial charge in [0.2, 0.25) is 0 Å². The lowest BCUT2D eigenvalue weighted by molar-refractivity contribution is -0.386. The van der Waals surface area contributed by atoms with Crippen LogP contribution in [0, 0.1) is 39.7 Å². The molecule has 8 heteroatoms. The van der Waals surface area contributed by atoms with Crippen LogP contribution in [-0.2, 0) is 0 Å². The van der Waals surface area contributed by atoms with E-state index in [9.17, 15) is 10.1 Å². The summed E-state index contributed by atoms with van der Waals surface area (Å²) in [6.45, 7) is 1.57. The third-order valence-electron chi connectivity index (χ3n) is 2.23. The van der Waals surface area contributed by atoms with Crippen molar-refractivity contribution in [1.29, 1.82) is 10.5 Å². The Balaban J connectivity index is 3.35. The molecule has 0 aliphatic rings. The van der Waals surface area contributed by atoms with Crippen molar-refractivity contribution < 1.29 is 4.92 Å². The van der Waals surface area contributed by atoms with Crippen molar-refractivity contribution in [1.82, 2.24) is 0 Å². The number of nitrogens with zero attached hydrogens (tertiary/aromatic N) is 3. The zero-order valence-electron chi connectivity index (χ0n) is 9.57. The highest BCUT2D eigenvalue weighted by atomic mass is 79.9. The molecule has 0 aromatic heterocycles. The first-order chi connectivity index (χ1) is 8.92. The molecule has 0 amide bonds. The van der Waals surface area contributed by atoms with Crippen molar-refractivity contribution in [2.75, 3.05) is 5.32 Å². The maximum Gasteiger partial charge on any atom is 0.288 e. The van der Waals surface area contributed by atoms with Gasteiger partial charge in [-0.15, -0.1) is 0 Å². The second-order valence-electron chi connectivity index (χ2n) is 3.37. The average Bonchev–Trinajstić information content (AvgIpc) is 2.32. The highest BCUT2D eigenvalue weighted by molar-refractivity contribution is 9.11. The summed E-state index contributed by atoms with van der Waals surface area (Å²) in [7, 11) is 0. The minimum atomic E-state index is -0.504. The highest BCUT2D eigenvalue weighted by Gasteiger charge is 2.21. The third-order valence-corrected chi connectivity index (χ3v) is 3.46. The summed E-state index contributed by atoms with van der Waals surface area (Å²) in [4.78, 5) is 10.5. The molecule has 1 aromatic rings. The normalized spacial score (nSPS) is 9.11. The summed E-state index contributed by atoms with van der Waals surface area (Å²) in [5.74, 6) is 0. The molecule has 96 valence electrons. The molecular weight excluding hydrogens is 380 g/mol. The monoisotopic (exact) mass is 384 g/mol. The first kappa shape index (κ1) is 15.2. The van der Waals surface area contributed by atoms with E-state index in [2.05, 4.69) is 37.2 Å². The van der Waals surface area contributed by atoms with Crippen molar-refractivity contribution in [2.24, 2.45) is 0 Å². The Kier molecular flexibility index (Phi) is 5.04. The van der Waals surface area contributed by atoms with Crippen molar-refractivity contribution in [2.45, 2.75) is 6.92 Å². The number of allylic oxidation sites excluding steroid dienone is 1. The molecule has 19 heavy (non-hydrogen) atoms. The summed E-state index contributed by atoms with van der Waals surface area (Å²) < 4.78 is 0.922. The zero-order chi connectivity index (χ0) is 14.6. The van der Waals surface area contributed by atoms with Crippen LogP contribution in [0.4, 0.5) is 11.4 Å². The molecule has 1 aromatic carbocycles. The topological polar surface area (TPSA) is 103 Å². The van der Waals surface area contributed by atoms with Gasteiger partial charge in [0.25, 0.3) is 5.69 Å². The second kappa shape index (κ2) is 6.32. The number of nitro groups is 1. The molecule has 6 nitrogen and oxygen atoms in total. The van der Waals surface area contributed by atoms with Gasteiger partial charge in [0.05, 0.1) is 20.6 Å². The summed E-state index contributed by atoms with van der Waals surface area (Å²) >= 11 is 6.39. The van der Waals surface area contributed by atoms with E-state index in [4.69, 9.17) is 10.5 Å². The van der Waals surface area contributed by atoms with Crippen LogP contribution in [0.3, 0.4) is 0 Å². The maximum absolute atomic E-state index is 11.0. The van der Waals surface area contributed by atoms with E-state index in [0.29, 0.717) is 20.2 Å². The maximum atomic E-state index is 11.0. The Hall–Kier alpha value is -1.90. The van der Waals surface area contributed by atoms with Crippen molar-refractivity contribution >= 4 is 43.2 Å². The van der Waals surface area contributed by atoms with Gasteiger partial charge < -0.3 is 5.32 Å². The van der Waals surface area contributed by atoms with E-state index >= 15 is 0 Å². The summed E-state index contributed by atoms with van der Waals surface area (Å²) in [6, 6.07) is 4.90. The predicted octanol–water partition coefficient (Wildman–Crippen LogP) is 3.77. The van der Waals surface area contributed by atoms with Crippen LogP contribution in [0.25, 0.3) is 0 Å². The SMILES string of the molecule is Cc1c(NC=C(C#N)C#N)c(Br)cc(Br)c1[N+](=O)[O-]. The van der Waals surface area contributed by atoms with E-state index in [1.54, 1.807) is 19.1 Å². The molecule has 0 fully saturated rings. The molecule has 0 aliphatic heterocycles. The fraction of sp³-hybridized carbons (Fsp3) is 0.0909. The summed E-state index contributed by atoms with van der Waals surface area (Å²) in [6.07, 6.45) is 1.20. The Morgan fingerprint density at radius 1 is 1.42 bits per heavy atom. The van der Waals surface area contributed by atoms with Crippen molar-refractivity contribution in [3.8, 4) is 12.1 Å². The molecule has 0 saturated heterocycles. The predicted molar refractivity (Wildman–Crippen MR) is 76.2 cm³/mol. The Labute approximate surface area is 125 Å². The highest BCUT2D eigenvalue weighted by Crippen LogP contribution is 2.39. The Bertz CT molecular complexity index is 640. The first-order valence-corrected chi connectivity index (χ1v) is 6.40. The molecular formula is C11H6Br2N4O2. The van der Waals surface area contributed by atoms with Gasteiger partial charge in [-0.2, -0.15) is 10.5 Å². The fourth-order valence-electron chi connectivity index (χ4n) is 1.36. The van der Waals surface area contributed by atoms with Crippen LogP contribution in [0.1, 0.15) is 5.56 Å². The van der Waals surface area contributed by atoms with Crippen LogP contribution >= 0.6 is 31.9 Å². The van der Waals surface area contributed by atoms with Gasteiger partial charge >= 0.3 is 0 Å². The quantitative estimate of drug-likeness (QED) is 0.484. The van der Waals surface area contributed by atoms with Crippen LogP contribution in [0.2, 0.25) is 0 Å². The van der Waals surface area contributed by atoms with Crippen LogP contribution in [0.15, 0.2) is 26.8 Å². The lowest BCUT2D eigenvalue weighted by Gasteiger charge is -2.10. The molecule has 0 atom stereocenters.